The van der Waals surface area contributed by atoms with Crippen LogP contribution in [-0.4, -0.2) is 34.6 Å². The molecule has 0 spiro atoms. The molecule has 156 valence electrons. The zero-order chi connectivity index (χ0) is 21.3. The average molecular weight is 426 g/mol. The predicted molar refractivity (Wildman–Crippen MR) is 117 cm³/mol. The third-order valence-electron chi connectivity index (χ3n) is 5.43. The number of unbranched alkanes of at least 4 members (excludes halogenated alkanes) is 1. The Kier molecular flexibility index (Phi) is 5.77. The minimum atomic E-state index is -0.993. The van der Waals surface area contributed by atoms with E-state index in [-0.39, 0.29) is 12.5 Å². The topological polar surface area (TPSA) is 64.4 Å². The van der Waals surface area contributed by atoms with Gasteiger partial charge in [-0.1, -0.05) is 49.2 Å². The van der Waals surface area contributed by atoms with Crippen LogP contribution in [0.15, 0.2) is 48.5 Å². The Balaban J connectivity index is 1.97. The number of hydrogen-bond donors (Lipinski definition) is 0. The van der Waals surface area contributed by atoms with Crippen molar-refractivity contribution in [2.75, 3.05) is 18.1 Å². The van der Waals surface area contributed by atoms with Crippen molar-refractivity contribution < 1.29 is 14.3 Å². The molecule has 1 aliphatic rings. The molecule has 0 aliphatic carbocycles. The second-order valence-corrected chi connectivity index (χ2v) is 7.78. The zero-order valence-electron chi connectivity index (χ0n) is 17.0. The van der Waals surface area contributed by atoms with Crippen LogP contribution in [0, 0.1) is 5.92 Å². The highest BCUT2D eigenvalue weighted by molar-refractivity contribution is 6.30. The van der Waals surface area contributed by atoms with Crippen LogP contribution in [0.1, 0.15) is 38.3 Å². The van der Waals surface area contributed by atoms with Gasteiger partial charge in [-0.2, -0.15) is 0 Å². The number of nitrogens with zero attached hydrogens (tertiary/aromatic N) is 3. The molecule has 3 aromatic rings. The lowest BCUT2D eigenvalue weighted by atomic mass is 9.89. The van der Waals surface area contributed by atoms with Gasteiger partial charge in [0.1, 0.15) is 0 Å². The van der Waals surface area contributed by atoms with Crippen molar-refractivity contribution in [1.82, 2.24) is 9.55 Å². The van der Waals surface area contributed by atoms with Crippen molar-refractivity contribution in [1.29, 1.82) is 0 Å². The van der Waals surface area contributed by atoms with Gasteiger partial charge in [0.05, 0.1) is 23.7 Å². The molecule has 0 fully saturated rings. The van der Waals surface area contributed by atoms with E-state index in [1.165, 1.54) is 0 Å². The fourth-order valence-corrected chi connectivity index (χ4v) is 4.16. The summed E-state index contributed by atoms with van der Waals surface area (Å²) in [5.74, 6) is -1.22. The summed E-state index contributed by atoms with van der Waals surface area (Å²) in [6, 6.07) is 14.4. The van der Waals surface area contributed by atoms with Crippen LogP contribution in [0.3, 0.4) is 0 Å². The number of carbonyl (C=O) groups excluding carboxylic acids is 2. The highest BCUT2D eigenvalue weighted by Crippen LogP contribution is 2.41. The molecule has 30 heavy (non-hydrogen) atoms. The van der Waals surface area contributed by atoms with Gasteiger partial charge in [-0.25, -0.2) is 4.98 Å². The van der Waals surface area contributed by atoms with Crippen molar-refractivity contribution in [3.05, 3.63) is 59.1 Å². The van der Waals surface area contributed by atoms with Gasteiger partial charge in [-0.15, -0.1) is 0 Å². The molecule has 0 bridgehead atoms. The Morgan fingerprint density at radius 1 is 1.13 bits per heavy atom. The fourth-order valence-electron chi connectivity index (χ4n) is 4.04. The number of aromatic nitrogens is 2. The van der Waals surface area contributed by atoms with Gasteiger partial charge < -0.3 is 9.30 Å². The number of imidazole rings is 1. The summed E-state index contributed by atoms with van der Waals surface area (Å²) in [6.07, 6.45) is 1.74. The molecule has 4 rings (SSSR count). The van der Waals surface area contributed by atoms with Gasteiger partial charge in [-0.05, 0) is 43.2 Å². The summed E-state index contributed by atoms with van der Waals surface area (Å²) in [5, 5.41) is 0.592. The van der Waals surface area contributed by atoms with Crippen molar-refractivity contribution >= 4 is 40.5 Å². The number of ether oxygens (including phenoxy) is 1. The summed E-state index contributed by atoms with van der Waals surface area (Å²) in [5.41, 5.74) is 2.46. The SMILES string of the molecule is CCCCN1C(=O)[C@@H](C(=O)OCC)[C@@H](c2ccc(Cl)cc2)n2c1nc1ccccc12. The third-order valence-corrected chi connectivity index (χ3v) is 5.68. The number of hydrogen-bond acceptors (Lipinski definition) is 4. The Morgan fingerprint density at radius 2 is 1.87 bits per heavy atom. The number of benzene rings is 2. The van der Waals surface area contributed by atoms with Crippen LogP contribution >= 0.6 is 11.6 Å². The molecule has 0 saturated heterocycles. The number of amides is 1. The standard InChI is InChI=1S/C23H24ClN3O3/c1-3-5-14-26-21(28)19(22(29)30-4-2)20(15-10-12-16(24)13-11-15)27-18-9-7-6-8-17(18)25-23(26)27/h6-13,19-20H,3-5,14H2,1-2H3/t19-,20+/m0/s1. The van der Waals surface area contributed by atoms with Gasteiger partial charge in [0, 0.05) is 11.6 Å². The summed E-state index contributed by atoms with van der Waals surface area (Å²) >= 11 is 6.10. The van der Waals surface area contributed by atoms with Gasteiger partial charge in [-0.3, -0.25) is 14.5 Å². The first kappa shape index (κ1) is 20.4. The zero-order valence-corrected chi connectivity index (χ0v) is 17.8. The fraction of sp³-hybridized carbons (Fsp3) is 0.348. The molecule has 0 radical (unpaired) electrons. The number of rotatable bonds is 6. The number of halogens is 1. The minimum absolute atomic E-state index is 0.211. The maximum Gasteiger partial charge on any atom is 0.321 e. The van der Waals surface area contributed by atoms with Crippen molar-refractivity contribution in [2.45, 2.75) is 32.7 Å². The van der Waals surface area contributed by atoms with Crippen LogP contribution in [-0.2, 0) is 14.3 Å². The molecule has 2 atom stereocenters. The van der Waals surface area contributed by atoms with E-state index in [9.17, 15) is 9.59 Å². The molecular formula is C23H24ClN3O3. The maximum atomic E-state index is 13.6. The molecule has 2 heterocycles. The van der Waals surface area contributed by atoms with E-state index in [2.05, 4.69) is 6.92 Å². The van der Waals surface area contributed by atoms with E-state index in [0.29, 0.717) is 17.5 Å². The lowest BCUT2D eigenvalue weighted by Gasteiger charge is -2.38. The molecule has 0 unspecified atom stereocenters. The van der Waals surface area contributed by atoms with E-state index >= 15 is 0 Å². The first-order valence-electron chi connectivity index (χ1n) is 10.3. The quantitative estimate of drug-likeness (QED) is 0.427. The molecular weight excluding hydrogens is 402 g/mol. The largest absolute Gasteiger partial charge is 0.465 e. The Bertz CT molecular complexity index is 1080. The smallest absolute Gasteiger partial charge is 0.321 e. The number of fused-ring (bicyclic) bond motifs is 3. The summed E-state index contributed by atoms with van der Waals surface area (Å²) in [4.78, 5) is 33.0. The Hall–Kier alpha value is -2.86. The molecule has 1 amide bonds. The predicted octanol–water partition coefficient (Wildman–Crippen LogP) is 4.61. The molecule has 1 aliphatic heterocycles. The van der Waals surface area contributed by atoms with Crippen LogP contribution < -0.4 is 4.90 Å². The first-order valence-corrected chi connectivity index (χ1v) is 10.6. The van der Waals surface area contributed by atoms with Gasteiger partial charge in [0.25, 0.3) is 0 Å². The summed E-state index contributed by atoms with van der Waals surface area (Å²) in [6.45, 7) is 4.52. The minimum Gasteiger partial charge on any atom is -0.465 e. The second kappa shape index (κ2) is 8.48. The van der Waals surface area contributed by atoms with Crippen molar-refractivity contribution in [3.8, 4) is 0 Å². The number of anilines is 1. The highest BCUT2D eigenvalue weighted by Gasteiger charge is 2.47. The second-order valence-electron chi connectivity index (χ2n) is 7.34. The average Bonchev–Trinajstić information content (AvgIpc) is 3.12. The first-order chi connectivity index (χ1) is 14.6. The molecule has 7 heteroatoms. The molecule has 6 nitrogen and oxygen atoms in total. The normalized spacial score (nSPS) is 18.5. The Labute approximate surface area is 180 Å². The molecule has 2 aromatic carbocycles. The molecule has 0 saturated carbocycles. The monoisotopic (exact) mass is 425 g/mol. The van der Waals surface area contributed by atoms with Gasteiger partial charge >= 0.3 is 5.97 Å². The van der Waals surface area contributed by atoms with Crippen molar-refractivity contribution in [2.24, 2.45) is 5.92 Å². The van der Waals surface area contributed by atoms with E-state index < -0.39 is 17.9 Å². The van der Waals surface area contributed by atoms with Crippen LogP contribution in [0.5, 0.6) is 0 Å². The third kappa shape index (κ3) is 3.45. The van der Waals surface area contributed by atoms with E-state index in [1.54, 1.807) is 24.0 Å². The lowest BCUT2D eigenvalue weighted by Crippen LogP contribution is -2.50. The number of esters is 1. The highest BCUT2D eigenvalue weighted by atomic mass is 35.5. The van der Waals surface area contributed by atoms with E-state index in [0.717, 1.165) is 29.4 Å². The van der Waals surface area contributed by atoms with E-state index in [4.69, 9.17) is 21.3 Å². The number of para-hydroxylation sites is 2. The van der Waals surface area contributed by atoms with Gasteiger partial charge in [0.15, 0.2) is 5.92 Å². The summed E-state index contributed by atoms with van der Waals surface area (Å²) in [7, 11) is 0. The molecule has 1 aromatic heterocycles. The summed E-state index contributed by atoms with van der Waals surface area (Å²) < 4.78 is 7.33. The maximum absolute atomic E-state index is 13.6. The lowest BCUT2D eigenvalue weighted by molar-refractivity contribution is -0.153. The Morgan fingerprint density at radius 3 is 2.57 bits per heavy atom. The van der Waals surface area contributed by atoms with Crippen molar-refractivity contribution in [3.63, 3.8) is 0 Å². The van der Waals surface area contributed by atoms with Crippen LogP contribution in [0.4, 0.5) is 5.95 Å². The van der Waals surface area contributed by atoms with Crippen LogP contribution in [0.25, 0.3) is 11.0 Å². The number of carbonyl (C=O) groups is 2. The van der Waals surface area contributed by atoms with E-state index in [1.807, 2.05) is 41.0 Å². The molecule has 0 N–H and O–H groups in total. The van der Waals surface area contributed by atoms with Crippen LogP contribution in [0.2, 0.25) is 5.02 Å². The van der Waals surface area contributed by atoms with Gasteiger partial charge in [0.2, 0.25) is 11.9 Å².